The van der Waals surface area contributed by atoms with Crippen LogP contribution in [0.15, 0.2) is 67.2 Å². The number of hydrogen-bond donors (Lipinski definition) is 0. The largest absolute Gasteiger partial charge is 0.432 e. The van der Waals surface area contributed by atoms with Crippen molar-refractivity contribution in [3.05, 3.63) is 78.3 Å². The number of benzene rings is 2. The quantitative estimate of drug-likeness (QED) is 0.705. The van der Waals surface area contributed by atoms with Gasteiger partial charge in [0.1, 0.15) is 5.75 Å². The molecule has 0 aliphatic rings. The van der Waals surface area contributed by atoms with Gasteiger partial charge in [-0.1, -0.05) is 55.1 Å². The van der Waals surface area contributed by atoms with Crippen molar-refractivity contribution in [1.82, 2.24) is 0 Å². The van der Waals surface area contributed by atoms with E-state index in [-0.39, 0.29) is 0 Å². The standard InChI is InChI=1S/C16H13FO/c1-2-13-9-6-10-15(11-13)18-16(17)12-14-7-4-3-5-8-14/h2-12H,1H2/b16-12-. The Morgan fingerprint density at radius 3 is 2.44 bits per heavy atom. The van der Waals surface area contributed by atoms with E-state index in [4.69, 9.17) is 4.74 Å². The van der Waals surface area contributed by atoms with Gasteiger partial charge in [0.15, 0.2) is 0 Å². The van der Waals surface area contributed by atoms with Gasteiger partial charge in [-0.2, -0.15) is 4.39 Å². The number of rotatable bonds is 4. The first-order valence-electron chi connectivity index (χ1n) is 5.60. The Bertz CT molecular complexity index is 558. The molecule has 0 aromatic heterocycles. The summed E-state index contributed by atoms with van der Waals surface area (Å²) in [5.74, 6) is 0.456. The van der Waals surface area contributed by atoms with Crippen molar-refractivity contribution in [3.8, 4) is 5.75 Å². The Labute approximate surface area is 106 Å². The van der Waals surface area contributed by atoms with Crippen LogP contribution in [0.2, 0.25) is 0 Å². The minimum Gasteiger partial charge on any atom is -0.432 e. The molecule has 2 heteroatoms. The molecule has 0 unspecified atom stereocenters. The third kappa shape index (κ3) is 3.32. The van der Waals surface area contributed by atoms with Crippen molar-refractivity contribution in [2.24, 2.45) is 0 Å². The zero-order chi connectivity index (χ0) is 12.8. The molecule has 18 heavy (non-hydrogen) atoms. The molecule has 0 atom stereocenters. The Hall–Kier alpha value is -2.35. The van der Waals surface area contributed by atoms with Crippen LogP contribution in [0.3, 0.4) is 0 Å². The highest BCUT2D eigenvalue weighted by atomic mass is 19.1. The maximum Gasteiger partial charge on any atom is 0.278 e. The van der Waals surface area contributed by atoms with Gasteiger partial charge in [-0.25, -0.2) is 0 Å². The van der Waals surface area contributed by atoms with Gasteiger partial charge >= 0.3 is 0 Å². The molecule has 0 radical (unpaired) electrons. The monoisotopic (exact) mass is 240 g/mol. The van der Waals surface area contributed by atoms with Crippen LogP contribution in [0.5, 0.6) is 5.75 Å². The summed E-state index contributed by atoms with van der Waals surface area (Å²) in [5.41, 5.74) is 1.65. The molecule has 0 saturated heterocycles. The number of ether oxygens (including phenoxy) is 1. The molecule has 2 aromatic carbocycles. The van der Waals surface area contributed by atoms with Crippen molar-refractivity contribution in [2.75, 3.05) is 0 Å². The zero-order valence-electron chi connectivity index (χ0n) is 9.84. The molecule has 0 N–H and O–H groups in total. The maximum atomic E-state index is 13.6. The average Bonchev–Trinajstić information content (AvgIpc) is 2.40. The highest BCUT2D eigenvalue weighted by molar-refractivity contribution is 5.52. The Balaban J connectivity index is 2.13. The van der Waals surface area contributed by atoms with Gasteiger partial charge in [-0.3, -0.25) is 0 Å². The third-order valence-electron chi connectivity index (χ3n) is 2.39. The van der Waals surface area contributed by atoms with E-state index in [0.717, 1.165) is 11.1 Å². The lowest BCUT2D eigenvalue weighted by atomic mass is 10.2. The fourth-order valence-corrected chi connectivity index (χ4v) is 1.53. The van der Waals surface area contributed by atoms with Gasteiger partial charge in [-0.05, 0) is 23.3 Å². The Kier molecular flexibility index (Phi) is 3.92. The lowest BCUT2D eigenvalue weighted by Crippen LogP contribution is -1.89. The van der Waals surface area contributed by atoms with E-state index in [2.05, 4.69) is 6.58 Å². The van der Waals surface area contributed by atoms with Gasteiger partial charge in [0, 0.05) is 6.08 Å². The summed E-state index contributed by atoms with van der Waals surface area (Å²) in [4.78, 5) is 0. The predicted molar refractivity (Wildman–Crippen MR) is 72.7 cm³/mol. The van der Waals surface area contributed by atoms with Gasteiger partial charge in [0.05, 0.1) is 0 Å². The van der Waals surface area contributed by atoms with E-state index in [1.165, 1.54) is 6.08 Å². The summed E-state index contributed by atoms with van der Waals surface area (Å²) in [6, 6.07) is 15.6. The first-order valence-corrected chi connectivity index (χ1v) is 5.60. The van der Waals surface area contributed by atoms with Crippen LogP contribution in [0.25, 0.3) is 12.2 Å². The second-order valence-electron chi connectivity index (χ2n) is 3.74. The van der Waals surface area contributed by atoms with Crippen LogP contribution in [0, 0.1) is 0 Å². The second-order valence-corrected chi connectivity index (χ2v) is 3.74. The fraction of sp³-hybridized carbons (Fsp3) is 0. The Morgan fingerprint density at radius 1 is 1.00 bits per heavy atom. The topological polar surface area (TPSA) is 9.23 Å². The average molecular weight is 240 g/mol. The van der Waals surface area contributed by atoms with Crippen LogP contribution in [0.4, 0.5) is 4.39 Å². The molecule has 0 heterocycles. The molecule has 0 amide bonds. The number of hydrogen-bond acceptors (Lipinski definition) is 1. The van der Waals surface area contributed by atoms with E-state index in [1.54, 1.807) is 24.3 Å². The molecule has 0 saturated carbocycles. The molecule has 2 rings (SSSR count). The maximum absolute atomic E-state index is 13.6. The highest BCUT2D eigenvalue weighted by Gasteiger charge is 2.00. The molecule has 0 spiro atoms. The normalized spacial score (nSPS) is 11.1. The lowest BCUT2D eigenvalue weighted by Gasteiger charge is -2.03. The van der Waals surface area contributed by atoms with E-state index in [1.807, 2.05) is 36.4 Å². The molecule has 0 aliphatic heterocycles. The molecule has 1 nitrogen and oxygen atoms in total. The smallest absolute Gasteiger partial charge is 0.278 e. The van der Waals surface area contributed by atoms with Crippen LogP contribution in [0.1, 0.15) is 11.1 Å². The first-order chi connectivity index (χ1) is 8.78. The summed E-state index contributed by atoms with van der Waals surface area (Å²) in [7, 11) is 0. The van der Waals surface area contributed by atoms with E-state index < -0.39 is 6.01 Å². The fourth-order valence-electron chi connectivity index (χ4n) is 1.53. The van der Waals surface area contributed by atoms with E-state index in [9.17, 15) is 4.39 Å². The summed E-state index contributed by atoms with van der Waals surface area (Å²) in [5, 5.41) is 0. The van der Waals surface area contributed by atoms with Crippen molar-refractivity contribution >= 4 is 12.2 Å². The van der Waals surface area contributed by atoms with Crippen LogP contribution >= 0.6 is 0 Å². The van der Waals surface area contributed by atoms with Gasteiger partial charge < -0.3 is 4.74 Å². The second kappa shape index (κ2) is 5.82. The van der Waals surface area contributed by atoms with Crippen LogP contribution in [-0.4, -0.2) is 0 Å². The molecule has 90 valence electrons. The molecule has 2 aromatic rings. The Morgan fingerprint density at radius 2 is 1.72 bits per heavy atom. The van der Waals surface area contributed by atoms with Gasteiger partial charge in [-0.15, -0.1) is 0 Å². The zero-order valence-corrected chi connectivity index (χ0v) is 9.84. The van der Waals surface area contributed by atoms with Crippen molar-refractivity contribution in [1.29, 1.82) is 0 Å². The third-order valence-corrected chi connectivity index (χ3v) is 2.39. The molecule has 0 aliphatic carbocycles. The molecular formula is C16H13FO. The van der Waals surface area contributed by atoms with E-state index >= 15 is 0 Å². The van der Waals surface area contributed by atoms with Crippen LogP contribution in [-0.2, 0) is 0 Å². The van der Waals surface area contributed by atoms with Gasteiger partial charge in [0.25, 0.3) is 6.01 Å². The lowest BCUT2D eigenvalue weighted by molar-refractivity contribution is 0.308. The van der Waals surface area contributed by atoms with E-state index in [0.29, 0.717) is 5.75 Å². The predicted octanol–water partition coefficient (Wildman–Crippen LogP) is 4.68. The summed E-state index contributed by atoms with van der Waals surface area (Å²) in [6.07, 6.45) is 3.03. The highest BCUT2D eigenvalue weighted by Crippen LogP contribution is 2.18. The summed E-state index contributed by atoms with van der Waals surface area (Å²) >= 11 is 0. The van der Waals surface area contributed by atoms with Crippen molar-refractivity contribution in [3.63, 3.8) is 0 Å². The minimum absolute atomic E-state index is 0.456. The summed E-state index contributed by atoms with van der Waals surface area (Å²) in [6.45, 7) is 3.66. The number of halogens is 1. The van der Waals surface area contributed by atoms with Crippen molar-refractivity contribution < 1.29 is 9.13 Å². The minimum atomic E-state index is -0.637. The van der Waals surface area contributed by atoms with Crippen molar-refractivity contribution in [2.45, 2.75) is 0 Å². The first kappa shape index (κ1) is 12.1. The molecular weight excluding hydrogens is 227 g/mol. The summed E-state index contributed by atoms with van der Waals surface area (Å²) < 4.78 is 18.7. The van der Waals surface area contributed by atoms with Gasteiger partial charge in [0.2, 0.25) is 0 Å². The molecule has 0 bridgehead atoms. The SMILES string of the molecule is C=Cc1cccc(O/C(F)=C\c2ccccc2)c1. The van der Waals surface area contributed by atoms with Crippen LogP contribution < -0.4 is 4.74 Å². The molecule has 0 fully saturated rings.